The zero-order valence-electron chi connectivity index (χ0n) is 22.4. The van der Waals surface area contributed by atoms with Crippen molar-refractivity contribution in [2.24, 2.45) is 5.92 Å². The van der Waals surface area contributed by atoms with Crippen LogP contribution in [0, 0.1) is 5.92 Å². The fourth-order valence-electron chi connectivity index (χ4n) is 6.08. The van der Waals surface area contributed by atoms with Crippen LogP contribution >= 0.6 is 0 Å². The Bertz CT molecular complexity index is 1070. The lowest BCUT2D eigenvalue weighted by atomic mass is 9.90. The van der Waals surface area contributed by atoms with Crippen molar-refractivity contribution in [2.45, 2.75) is 50.5 Å². The van der Waals surface area contributed by atoms with Crippen LogP contribution < -0.4 is 10.1 Å². The highest BCUT2D eigenvalue weighted by Crippen LogP contribution is 2.28. The van der Waals surface area contributed by atoms with Crippen molar-refractivity contribution in [3.8, 4) is 5.75 Å². The number of hydrogen-bond donors (Lipinski definition) is 1. The lowest BCUT2D eigenvalue weighted by Gasteiger charge is -2.42. The molecule has 3 aliphatic heterocycles. The van der Waals surface area contributed by atoms with E-state index in [9.17, 15) is 9.59 Å². The van der Waals surface area contributed by atoms with Crippen LogP contribution in [0.25, 0.3) is 0 Å². The molecule has 2 amide bonds. The molecule has 5 rings (SSSR count). The van der Waals surface area contributed by atoms with Crippen LogP contribution in [0.3, 0.4) is 0 Å². The summed E-state index contributed by atoms with van der Waals surface area (Å²) in [4.78, 5) is 30.7. The molecule has 38 heavy (non-hydrogen) atoms. The number of ether oxygens (including phenoxy) is 2. The molecule has 0 radical (unpaired) electrons. The van der Waals surface area contributed by atoms with E-state index in [4.69, 9.17) is 9.47 Å². The second-order valence-corrected chi connectivity index (χ2v) is 11.0. The molecule has 204 valence electrons. The van der Waals surface area contributed by atoms with Crippen LogP contribution in [-0.4, -0.2) is 79.7 Å². The number of fused-ring (bicyclic) bond motifs is 1. The first-order valence-corrected chi connectivity index (χ1v) is 14.3. The van der Waals surface area contributed by atoms with Gasteiger partial charge in [0.15, 0.2) is 5.60 Å². The zero-order chi connectivity index (χ0) is 26.2. The number of amides is 2. The van der Waals surface area contributed by atoms with Crippen molar-refractivity contribution in [1.82, 2.24) is 15.1 Å². The maximum absolute atomic E-state index is 13.4. The number of rotatable bonds is 4. The first kappa shape index (κ1) is 26.7. The third kappa shape index (κ3) is 6.75. The molecule has 7 heteroatoms. The topological polar surface area (TPSA) is 71.1 Å². The van der Waals surface area contributed by atoms with Gasteiger partial charge in [-0.15, -0.1) is 0 Å². The van der Waals surface area contributed by atoms with E-state index in [0.29, 0.717) is 51.7 Å². The SMILES string of the molecule is O=C(CN1CCOC2(CCCCc3ccccc3OCCNC2=O)C1)N1CCC(Cc2ccccc2)CC1. The first-order valence-electron chi connectivity index (χ1n) is 14.3. The van der Waals surface area contributed by atoms with Crippen molar-refractivity contribution in [2.75, 3.05) is 52.5 Å². The summed E-state index contributed by atoms with van der Waals surface area (Å²) in [5.74, 6) is 1.61. The molecule has 2 saturated heterocycles. The second-order valence-electron chi connectivity index (χ2n) is 11.0. The highest BCUT2D eigenvalue weighted by atomic mass is 16.5. The average molecular weight is 520 g/mol. The lowest BCUT2D eigenvalue weighted by molar-refractivity contribution is -0.164. The minimum atomic E-state index is -0.917. The lowest BCUT2D eigenvalue weighted by Crippen LogP contribution is -2.61. The molecule has 1 unspecified atom stereocenters. The number of hydrogen-bond acceptors (Lipinski definition) is 5. The molecule has 2 fully saturated rings. The van der Waals surface area contributed by atoms with Crippen LogP contribution in [0.4, 0.5) is 0 Å². The van der Waals surface area contributed by atoms with Crippen LogP contribution in [0.1, 0.15) is 43.2 Å². The summed E-state index contributed by atoms with van der Waals surface area (Å²) in [6, 6.07) is 18.8. The van der Waals surface area contributed by atoms with Crippen molar-refractivity contribution in [3.63, 3.8) is 0 Å². The maximum Gasteiger partial charge on any atom is 0.253 e. The summed E-state index contributed by atoms with van der Waals surface area (Å²) in [5.41, 5.74) is 1.67. The van der Waals surface area contributed by atoms with Crippen LogP contribution in [0.15, 0.2) is 54.6 Å². The Kier molecular flexibility index (Phi) is 8.97. The van der Waals surface area contributed by atoms with Crippen molar-refractivity contribution >= 4 is 11.8 Å². The number of morpholine rings is 1. The van der Waals surface area contributed by atoms with Gasteiger partial charge in [0.1, 0.15) is 12.4 Å². The highest BCUT2D eigenvalue weighted by Gasteiger charge is 2.43. The number of piperidine rings is 1. The van der Waals surface area contributed by atoms with Gasteiger partial charge in [0.2, 0.25) is 5.91 Å². The van der Waals surface area contributed by atoms with Gasteiger partial charge < -0.3 is 19.7 Å². The smallest absolute Gasteiger partial charge is 0.253 e. The van der Waals surface area contributed by atoms with Crippen molar-refractivity contribution in [3.05, 3.63) is 65.7 Å². The van der Waals surface area contributed by atoms with E-state index in [1.807, 2.05) is 23.1 Å². The van der Waals surface area contributed by atoms with E-state index in [-0.39, 0.29) is 11.8 Å². The predicted molar refractivity (Wildman–Crippen MR) is 147 cm³/mol. The minimum Gasteiger partial charge on any atom is -0.491 e. The summed E-state index contributed by atoms with van der Waals surface area (Å²) in [6.07, 6.45) is 6.56. The van der Waals surface area contributed by atoms with Gasteiger partial charge in [-0.25, -0.2) is 0 Å². The molecule has 7 nitrogen and oxygen atoms in total. The van der Waals surface area contributed by atoms with Crippen molar-refractivity contribution < 1.29 is 19.1 Å². The number of para-hydroxylation sites is 1. The quantitative estimate of drug-likeness (QED) is 0.670. The molecule has 0 aliphatic carbocycles. The molecule has 2 aromatic rings. The van der Waals surface area contributed by atoms with Gasteiger partial charge in [-0.05, 0) is 68.1 Å². The summed E-state index contributed by atoms with van der Waals surface area (Å²) >= 11 is 0. The number of nitrogens with zero attached hydrogens (tertiary/aromatic N) is 2. The van der Waals surface area contributed by atoms with E-state index in [2.05, 4.69) is 46.6 Å². The fourth-order valence-corrected chi connectivity index (χ4v) is 6.08. The molecular formula is C31H41N3O4. The Morgan fingerprint density at radius 1 is 0.974 bits per heavy atom. The number of carbonyl (C=O) groups excluding carboxylic acids is 2. The van der Waals surface area contributed by atoms with Crippen LogP contribution in [0.5, 0.6) is 5.75 Å². The number of benzene rings is 2. The minimum absolute atomic E-state index is 0.0890. The van der Waals surface area contributed by atoms with Gasteiger partial charge in [0, 0.05) is 26.2 Å². The molecular weight excluding hydrogens is 478 g/mol. The zero-order valence-corrected chi connectivity index (χ0v) is 22.4. The summed E-state index contributed by atoms with van der Waals surface area (Å²) < 4.78 is 12.2. The number of aryl methyl sites for hydroxylation is 1. The van der Waals surface area contributed by atoms with E-state index < -0.39 is 5.60 Å². The summed E-state index contributed by atoms with van der Waals surface area (Å²) in [7, 11) is 0. The number of nitrogens with one attached hydrogen (secondary N) is 1. The molecule has 3 heterocycles. The van der Waals surface area contributed by atoms with Gasteiger partial charge >= 0.3 is 0 Å². The molecule has 1 atom stereocenters. The largest absolute Gasteiger partial charge is 0.491 e. The van der Waals surface area contributed by atoms with Gasteiger partial charge in [-0.3, -0.25) is 14.5 Å². The van der Waals surface area contributed by atoms with E-state index in [1.54, 1.807) is 0 Å². The Morgan fingerprint density at radius 3 is 2.61 bits per heavy atom. The fraction of sp³-hybridized carbons (Fsp3) is 0.548. The maximum atomic E-state index is 13.4. The monoisotopic (exact) mass is 519 g/mol. The molecule has 3 aliphatic rings. The van der Waals surface area contributed by atoms with E-state index in [1.165, 1.54) is 11.1 Å². The Balaban J connectivity index is 1.15. The predicted octanol–water partition coefficient (Wildman–Crippen LogP) is 3.46. The highest BCUT2D eigenvalue weighted by molar-refractivity contribution is 5.86. The molecule has 0 bridgehead atoms. The van der Waals surface area contributed by atoms with Gasteiger partial charge in [-0.1, -0.05) is 48.5 Å². The van der Waals surface area contributed by atoms with Gasteiger partial charge in [0.05, 0.1) is 19.7 Å². The molecule has 1 N–H and O–H groups in total. The summed E-state index contributed by atoms with van der Waals surface area (Å²) in [6.45, 7) is 4.39. The second kappa shape index (κ2) is 12.8. The molecule has 2 aromatic carbocycles. The number of likely N-dealkylation sites (tertiary alicyclic amines) is 1. The Labute approximate surface area is 226 Å². The van der Waals surface area contributed by atoms with Crippen molar-refractivity contribution in [1.29, 1.82) is 0 Å². The normalized spacial score (nSPS) is 24.0. The third-order valence-electron chi connectivity index (χ3n) is 8.27. The Morgan fingerprint density at radius 2 is 1.76 bits per heavy atom. The van der Waals surface area contributed by atoms with Gasteiger partial charge in [-0.2, -0.15) is 0 Å². The van der Waals surface area contributed by atoms with Crippen LogP contribution in [-0.2, 0) is 27.2 Å². The first-order chi connectivity index (χ1) is 18.6. The van der Waals surface area contributed by atoms with E-state index >= 15 is 0 Å². The van der Waals surface area contributed by atoms with Crippen LogP contribution in [0.2, 0.25) is 0 Å². The third-order valence-corrected chi connectivity index (χ3v) is 8.27. The van der Waals surface area contributed by atoms with Gasteiger partial charge in [0.25, 0.3) is 5.91 Å². The standard InChI is InChI=1S/C31H41N3O4/c35-29(34-17-13-26(14-18-34)22-25-8-2-1-3-9-25)23-33-19-21-38-31(24-33)15-7-6-11-27-10-4-5-12-28(27)37-20-16-32-30(31)36/h1-5,8-10,12,26H,6-7,11,13-24H2,(H,32,36). The Hall–Kier alpha value is -2.90. The van der Waals surface area contributed by atoms with E-state index in [0.717, 1.165) is 57.4 Å². The average Bonchev–Trinajstić information content (AvgIpc) is 2.94. The molecule has 0 aromatic heterocycles. The number of carbonyl (C=O) groups is 2. The molecule has 1 spiro atoms. The molecule has 0 saturated carbocycles. The summed E-state index contributed by atoms with van der Waals surface area (Å²) in [5, 5.41) is 3.04.